The fourth-order valence-corrected chi connectivity index (χ4v) is 3.02. The Morgan fingerprint density at radius 3 is 2.28 bits per heavy atom. The second-order valence-corrected chi connectivity index (χ2v) is 6.77. The maximum Gasteiger partial charge on any atom is 0.255 e. The molecular weight excluding hydrogens is 367 g/mol. The van der Waals surface area contributed by atoms with Gasteiger partial charge in [-0.05, 0) is 61.4 Å². The molecule has 2 amide bonds. The molecule has 0 aliphatic carbocycles. The van der Waals surface area contributed by atoms with Gasteiger partial charge in [-0.3, -0.25) is 9.59 Å². The number of amides is 2. The molecule has 3 rings (SSSR count). The van der Waals surface area contributed by atoms with Crippen LogP contribution >= 0.6 is 0 Å². The first-order valence-corrected chi connectivity index (χ1v) is 9.49. The van der Waals surface area contributed by atoms with Crippen molar-refractivity contribution in [3.05, 3.63) is 95.3 Å². The maximum absolute atomic E-state index is 13.7. The van der Waals surface area contributed by atoms with E-state index in [2.05, 4.69) is 5.32 Å². The molecule has 3 aromatic rings. The molecule has 0 aliphatic rings. The number of benzene rings is 3. The van der Waals surface area contributed by atoms with Crippen molar-refractivity contribution in [2.75, 3.05) is 16.8 Å². The number of carbonyl (C=O) groups excluding carboxylic acids is 2. The Labute approximate surface area is 170 Å². The smallest absolute Gasteiger partial charge is 0.255 e. The van der Waals surface area contributed by atoms with Gasteiger partial charge >= 0.3 is 0 Å². The summed E-state index contributed by atoms with van der Waals surface area (Å²) in [7, 11) is 0. The van der Waals surface area contributed by atoms with Crippen LogP contribution in [0.5, 0.6) is 0 Å². The van der Waals surface area contributed by atoms with Gasteiger partial charge in [-0.2, -0.15) is 0 Å². The van der Waals surface area contributed by atoms with Gasteiger partial charge in [-0.25, -0.2) is 4.39 Å². The molecule has 0 heterocycles. The van der Waals surface area contributed by atoms with Gasteiger partial charge in [0, 0.05) is 23.5 Å². The van der Waals surface area contributed by atoms with Crippen LogP contribution in [0.3, 0.4) is 0 Å². The van der Waals surface area contributed by atoms with Crippen LogP contribution in [0.4, 0.5) is 15.8 Å². The summed E-state index contributed by atoms with van der Waals surface area (Å²) < 4.78 is 13.7. The minimum atomic E-state index is -0.412. The zero-order valence-electron chi connectivity index (χ0n) is 16.5. The molecule has 4 nitrogen and oxygen atoms in total. The number of hydrogen-bond acceptors (Lipinski definition) is 2. The normalized spacial score (nSPS) is 10.4. The van der Waals surface area contributed by atoms with Crippen LogP contribution in [0.1, 0.15) is 28.4 Å². The Balaban J connectivity index is 1.64. The molecule has 29 heavy (non-hydrogen) atoms. The highest BCUT2D eigenvalue weighted by molar-refractivity contribution is 6.04. The number of hydrogen-bond donors (Lipinski definition) is 1. The van der Waals surface area contributed by atoms with E-state index in [4.69, 9.17) is 0 Å². The number of nitrogens with one attached hydrogen (secondary N) is 1. The molecule has 5 heteroatoms. The van der Waals surface area contributed by atoms with E-state index < -0.39 is 5.82 Å². The van der Waals surface area contributed by atoms with Crippen LogP contribution in [-0.2, 0) is 11.2 Å². The van der Waals surface area contributed by atoms with Crippen molar-refractivity contribution in [1.82, 2.24) is 0 Å². The molecule has 1 N–H and O–H groups in total. The summed E-state index contributed by atoms with van der Waals surface area (Å²) in [6.45, 7) is 4.18. The van der Waals surface area contributed by atoms with Crippen molar-refractivity contribution in [2.45, 2.75) is 20.3 Å². The van der Waals surface area contributed by atoms with Crippen LogP contribution in [0.15, 0.2) is 72.8 Å². The molecule has 0 fully saturated rings. The SMILES string of the molecule is CCN(C(=O)Cc1ccc(NC(=O)c2ccc(C)c(F)c2)cc1)c1ccccc1. The molecular formula is C24H23FN2O2. The average Bonchev–Trinajstić information content (AvgIpc) is 2.73. The number of halogens is 1. The summed E-state index contributed by atoms with van der Waals surface area (Å²) in [5.74, 6) is -0.787. The molecule has 0 unspecified atom stereocenters. The Morgan fingerprint density at radius 1 is 0.966 bits per heavy atom. The third-order valence-corrected chi connectivity index (χ3v) is 4.69. The Kier molecular flexibility index (Phi) is 6.39. The zero-order chi connectivity index (χ0) is 20.8. The Hall–Kier alpha value is -3.47. The van der Waals surface area contributed by atoms with Crippen molar-refractivity contribution >= 4 is 23.2 Å². The number of nitrogens with zero attached hydrogens (tertiary/aromatic N) is 1. The van der Waals surface area contributed by atoms with Gasteiger partial charge in [0.05, 0.1) is 6.42 Å². The first-order chi connectivity index (χ1) is 14.0. The second kappa shape index (κ2) is 9.15. The molecule has 0 aliphatic heterocycles. The largest absolute Gasteiger partial charge is 0.322 e. The van der Waals surface area contributed by atoms with Crippen molar-refractivity contribution in [3.63, 3.8) is 0 Å². The first-order valence-electron chi connectivity index (χ1n) is 9.49. The fraction of sp³-hybridized carbons (Fsp3) is 0.167. The van der Waals surface area contributed by atoms with Crippen molar-refractivity contribution in [2.24, 2.45) is 0 Å². The average molecular weight is 390 g/mol. The third kappa shape index (κ3) is 5.08. The van der Waals surface area contributed by atoms with E-state index in [9.17, 15) is 14.0 Å². The number of likely N-dealkylation sites (N-methyl/N-ethyl adjacent to an activating group) is 1. The summed E-state index contributed by atoms with van der Waals surface area (Å²) in [6, 6.07) is 21.0. The van der Waals surface area contributed by atoms with E-state index in [0.717, 1.165) is 11.3 Å². The zero-order valence-corrected chi connectivity index (χ0v) is 16.5. The number of rotatable bonds is 6. The molecule has 0 saturated carbocycles. The lowest BCUT2D eigenvalue weighted by Crippen LogP contribution is -2.31. The lowest BCUT2D eigenvalue weighted by molar-refractivity contribution is -0.117. The van der Waals surface area contributed by atoms with E-state index in [1.165, 1.54) is 6.07 Å². The van der Waals surface area contributed by atoms with Crippen LogP contribution in [0, 0.1) is 12.7 Å². The van der Waals surface area contributed by atoms with Crippen LogP contribution < -0.4 is 10.2 Å². The molecule has 148 valence electrons. The summed E-state index contributed by atoms with van der Waals surface area (Å²) in [5, 5.41) is 2.74. The van der Waals surface area contributed by atoms with Gasteiger partial charge in [0.15, 0.2) is 0 Å². The highest BCUT2D eigenvalue weighted by Gasteiger charge is 2.14. The van der Waals surface area contributed by atoms with Crippen molar-refractivity contribution in [1.29, 1.82) is 0 Å². The number of aryl methyl sites for hydroxylation is 1. The third-order valence-electron chi connectivity index (χ3n) is 4.69. The van der Waals surface area contributed by atoms with Crippen LogP contribution in [-0.4, -0.2) is 18.4 Å². The molecule has 0 saturated heterocycles. The first kappa shape index (κ1) is 20.3. The summed E-state index contributed by atoms with van der Waals surface area (Å²) in [5.41, 5.74) is 3.06. The number of para-hydroxylation sites is 1. The highest BCUT2D eigenvalue weighted by Crippen LogP contribution is 2.17. The summed E-state index contributed by atoms with van der Waals surface area (Å²) in [4.78, 5) is 26.7. The van der Waals surface area contributed by atoms with E-state index in [-0.39, 0.29) is 23.8 Å². The van der Waals surface area contributed by atoms with E-state index in [1.807, 2.05) is 49.4 Å². The molecule has 0 spiro atoms. The predicted molar refractivity (Wildman–Crippen MR) is 114 cm³/mol. The van der Waals surface area contributed by atoms with Gasteiger partial charge in [0.2, 0.25) is 5.91 Å². The van der Waals surface area contributed by atoms with Crippen LogP contribution in [0.2, 0.25) is 0 Å². The van der Waals surface area contributed by atoms with Crippen molar-refractivity contribution < 1.29 is 14.0 Å². The monoisotopic (exact) mass is 390 g/mol. The minimum Gasteiger partial charge on any atom is -0.322 e. The lowest BCUT2D eigenvalue weighted by Gasteiger charge is -2.21. The van der Waals surface area contributed by atoms with E-state index in [1.54, 1.807) is 36.1 Å². The van der Waals surface area contributed by atoms with Gasteiger partial charge in [-0.15, -0.1) is 0 Å². The quantitative estimate of drug-likeness (QED) is 0.645. The van der Waals surface area contributed by atoms with E-state index >= 15 is 0 Å². The Morgan fingerprint density at radius 2 is 1.66 bits per heavy atom. The second-order valence-electron chi connectivity index (χ2n) is 6.77. The molecule has 0 bridgehead atoms. The predicted octanol–water partition coefficient (Wildman–Crippen LogP) is 4.98. The fourth-order valence-electron chi connectivity index (χ4n) is 3.02. The minimum absolute atomic E-state index is 0.00520. The topological polar surface area (TPSA) is 49.4 Å². The van der Waals surface area contributed by atoms with Gasteiger partial charge in [-0.1, -0.05) is 36.4 Å². The van der Waals surface area contributed by atoms with Gasteiger partial charge in [0.25, 0.3) is 5.91 Å². The summed E-state index contributed by atoms with van der Waals surface area (Å²) >= 11 is 0. The Bertz CT molecular complexity index is 1000. The molecule has 0 radical (unpaired) electrons. The molecule has 0 atom stereocenters. The van der Waals surface area contributed by atoms with Crippen molar-refractivity contribution in [3.8, 4) is 0 Å². The van der Waals surface area contributed by atoms with Gasteiger partial charge < -0.3 is 10.2 Å². The van der Waals surface area contributed by atoms with Gasteiger partial charge in [0.1, 0.15) is 5.82 Å². The molecule has 3 aromatic carbocycles. The number of carbonyl (C=O) groups is 2. The maximum atomic E-state index is 13.7. The molecule has 0 aromatic heterocycles. The standard InChI is InChI=1S/C24H23FN2O2/c1-3-27(21-7-5-4-6-8-21)23(28)15-18-10-13-20(14-11-18)26-24(29)19-12-9-17(2)22(25)16-19/h4-14,16H,3,15H2,1-2H3,(H,26,29). The van der Waals surface area contributed by atoms with E-state index in [0.29, 0.717) is 17.8 Å². The summed E-state index contributed by atoms with van der Waals surface area (Å²) in [6.07, 6.45) is 0.264. The highest BCUT2D eigenvalue weighted by atomic mass is 19.1. The van der Waals surface area contributed by atoms with Crippen LogP contribution in [0.25, 0.3) is 0 Å². The lowest BCUT2D eigenvalue weighted by atomic mass is 10.1. The number of anilines is 2.